The number of hydrogen-bond donors (Lipinski definition) is 1. The minimum atomic E-state index is -2.90. The highest BCUT2D eigenvalue weighted by atomic mass is 32.2. The Hall–Kier alpha value is -1.79. The lowest BCUT2D eigenvalue weighted by atomic mass is 10.0. The number of thioether (sulfide) groups is 1. The number of anilines is 1. The first-order chi connectivity index (χ1) is 12.0. The predicted molar refractivity (Wildman–Crippen MR) is 104 cm³/mol. The molecule has 1 amide bonds. The third kappa shape index (κ3) is 5.34. The third-order valence-electron chi connectivity index (χ3n) is 4.17. The summed E-state index contributed by atoms with van der Waals surface area (Å²) in [5, 5.41) is 3.00. The van der Waals surface area contributed by atoms with E-state index in [4.69, 9.17) is 0 Å². The fourth-order valence-corrected chi connectivity index (χ4v) is 6.33. The van der Waals surface area contributed by atoms with Gasteiger partial charge in [0.05, 0.1) is 17.3 Å². The predicted octanol–water partition coefficient (Wildman–Crippen LogP) is 3.14. The summed E-state index contributed by atoms with van der Waals surface area (Å²) < 4.78 is 23.0. The maximum atomic E-state index is 12.3. The number of para-hydroxylation sites is 1. The number of sulfone groups is 1. The standard InChI is InChI=1S/C19H21NO3S2/c21-19(13-24-17-10-11-25(22,23)14-17)20-18-9-5-4-8-16(18)12-15-6-2-1-3-7-15/h1-9,17H,10-14H2,(H,20,21)/t17-/m0/s1. The maximum Gasteiger partial charge on any atom is 0.234 e. The average Bonchev–Trinajstić information content (AvgIpc) is 2.95. The van der Waals surface area contributed by atoms with Gasteiger partial charge in [-0.2, -0.15) is 0 Å². The highest BCUT2D eigenvalue weighted by Gasteiger charge is 2.28. The molecule has 1 aliphatic heterocycles. The SMILES string of the molecule is O=C(CS[C@H]1CCS(=O)(=O)C1)Nc1ccccc1Cc1ccccc1. The number of carbonyl (C=O) groups excluding carboxylic acids is 1. The van der Waals surface area contributed by atoms with Crippen molar-refractivity contribution < 1.29 is 13.2 Å². The van der Waals surface area contributed by atoms with Crippen LogP contribution in [-0.4, -0.2) is 36.8 Å². The molecule has 2 aromatic carbocycles. The molecule has 0 bridgehead atoms. The van der Waals surface area contributed by atoms with E-state index in [1.54, 1.807) is 0 Å². The first-order valence-corrected chi connectivity index (χ1v) is 11.1. The van der Waals surface area contributed by atoms with Crippen molar-refractivity contribution in [2.24, 2.45) is 0 Å². The molecule has 3 rings (SSSR count). The van der Waals surface area contributed by atoms with Crippen LogP contribution in [0.1, 0.15) is 17.5 Å². The summed E-state index contributed by atoms with van der Waals surface area (Å²) in [6, 6.07) is 17.9. The van der Waals surface area contributed by atoms with E-state index in [0.29, 0.717) is 6.42 Å². The molecule has 1 atom stereocenters. The second-order valence-electron chi connectivity index (χ2n) is 6.20. The molecular weight excluding hydrogens is 354 g/mol. The van der Waals surface area contributed by atoms with E-state index in [1.807, 2.05) is 42.5 Å². The van der Waals surface area contributed by atoms with Crippen LogP contribution in [0.2, 0.25) is 0 Å². The van der Waals surface area contributed by atoms with Crippen LogP contribution in [0.5, 0.6) is 0 Å². The summed E-state index contributed by atoms with van der Waals surface area (Å²) in [5.41, 5.74) is 3.07. The Morgan fingerprint density at radius 3 is 2.52 bits per heavy atom. The van der Waals surface area contributed by atoms with E-state index in [2.05, 4.69) is 17.4 Å². The van der Waals surface area contributed by atoms with Crippen LogP contribution in [0, 0.1) is 0 Å². The van der Waals surface area contributed by atoms with Crippen LogP contribution in [0.25, 0.3) is 0 Å². The van der Waals surface area contributed by atoms with E-state index in [-0.39, 0.29) is 28.4 Å². The highest BCUT2D eigenvalue weighted by Crippen LogP contribution is 2.25. The Balaban J connectivity index is 1.58. The normalized spacial score (nSPS) is 18.8. The Labute approximate surface area is 152 Å². The first kappa shape index (κ1) is 18.0. The van der Waals surface area contributed by atoms with E-state index in [0.717, 1.165) is 17.7 Å². The number of rotatable bonds is 6. The second-order valence-corrected chi connectivity index (χ2v) is 9.72. The fourth-order valence-electron chi connectivity index (χ4n) is 2.88. The molecule has 0 radical (unpaired) electrons. The second kappa shape index (κ2) is 8.06. The van der Waals surface area contributed by atoms with Crippen LogP contribution >= 0.6 is 11.8 Å². The Kier molecular flexibility index (Phi) is 5.81. The zero-order chi connectivity index (χ0) is 17.7. The molecule has 0 unspecified atom stereocenters. The topological polar surface area (TPSA) is 63.2 Å². The van der Waals surface area contributed by atoms with Gasteiger partial charge in [0.2, 0.25) is 5.91 Å². The van der Waals surface area contributed by atoms with Gasteiger partial charge in [-0.25, -0.2) is 8.42 Å². The van der Waals surface area contributed by atoms with Crippen molar-refractivity contribution in [2.75, 3.05) is 22.6 Å². The minimum Gasteiger partial charge on any atom is -0.325 e. The van der Waals surface area contributed by atoms with Gasteiger partial charge in [-0.1, -0.05) is 48.5 Å². The average molecular weight is 376 g/mol. The fraction of sp³-hybridized carbons (Fsp3) is 0.316. The molecule has 1 fully saturated rings. The number of amides is 1. The quantitative estimate of drug-likeness (QED) is 0.842. The molecule has 4 nitrogen and oxygen atoms in total. The lowest BCUT2D eigenvalue weighted by Crippen LogP contribution is -2.18. The van der Waals surface area contributed by atoms with Gasteiger partial charge in [0.1, 0.15) is 0 Å². The van der Waals surface area contributed by atoms with Gasteiger partial charge in [-0.3, -0.25) is 4.79 Å². The zero-order valence-electron chi connectivity index (χ0n) is 13.9. The van der Waals surface area contributed by atoms with Gasteiger partial charge in [0.15, 0.2) is 9.84 Å². The highest BCUT2D eigenvalue weighted by molar-refractivity contribution is 8.02. The van der Waals surface area contributed by atoms with E-state index < -0.39 is 9.84 Å². The van der Waals surface area contributed by atoms with Gasteiger partial charge >= 0.3 is 0 Å². The van der Waals surface area contributed by atoms with Crippen LogP contribution in [0.4, 0.5) is 5.69 Å². The van der Waals surface area contributed by atoms with Crippen LogP contribution < -0.4 is 5.32 Å². The van der Waals surface area contributed by atoms with Gasteiger partial charge in [0.25, 0.3) is 0 Å². The van der Waals surface area contributed by atoms with E-state index in [9.17, 15) is 13.2 Å². The monoisotopic (exact) mass is 375 g/mol. The van der Waals surface area contributed by atoms with E-state index in [1.165, 1.54) is 17.3 Å². The van der Waals surface area contributed by atoms with Crippen molar-refractivity contribution >= 4 is 33.2 Å². The van der Waals surface area contributed by atoms with Gasteiger partial charge in [0, 0.05) is 10.9 Å². The first-order valence-electron chi connectivity index (χ1n) is 8.25. The molecule has 25 heavy (non-hydrogen) atoms. The largest absolute Gasteiger partial charge is 0.325 e. The van der Waals surface area contributed by atoms with Crippen molar-refractivity contribution in [3.05, 3.63) is 65.7 Å². The molecule has 0 spiro atoms. The number of nitrogens with one attached hydrogen (secondary N) is 1. The van der Waals surface area contributed by atoms with Crippen molar-refractivity contribution in [3.8, 4) is 0 Å². The molecular formula is C19H21NO3S2. The summed E-state index contributed by atoms with van der Waals surface area (Å²) in [7, 11) is -2.90. The van der Waals surface area contributed by atoms with Crippen molar-refractivity contribution in [1.29, 1.82) is 0 Å². The molecule has 1 aliphatic rings. The Morgan fingerprint density at radius 2 is 1.80 bits per heavy atom. The molecule has 132 valence electrons. The Morgan fingerprint density at radius 1 is 1.08 bits per heavy atom. The molecule has 2 aromatic rings. The van der Waals surface area contributed by atoms with Crippen LogP contribution in [-0.2, 0) is 21.1 Å². The summed E-state index contributed by atoms with van der Waals surface area (Å²) in [5.74, 6) is 0.622. The molecule has 0 aliphatic carbocycles. The summed E-state index contributed by atoms with van der Waals surface area (Å²) >= 11 is 1.43. The maximum absolute atomic E-state index is 12.3. The van der Waals surface area contributed by atoms with Crippen molar-refractivity contribution in [2.45, 2.75) is 18.1 Å². The van der Waals surface area contributed by atoms with Gasteiger partial charge in [-0.15, -0.1) is 11.8 Å². The molecule has 0 saturated carbocycles. The lowest BCUT2D eigenvalue weighted by molar-refractivity contribution is -0.113. The third-order valence-corrected chi connectivity index (χ3v) is 7.45. The molecule has 6 heteroatoms. The lowest BCUT2D eigenvalue weighted by Gasteiger charge is -2.12. The van der Waals surface area contributed by atoms with Crippen LogP contribution in [0.15, 0.2) is 54.6 Å². The van der Waals surface area contributed by atoms with Crippen molar-refractivity contribution in [1.82, 2.24) is 0 Å². The number of benzene rings is 2. The Bertz CT molecular complexity index is 835. The smallest absolute Gasteiger partial charge is 0.234 e. The molecule has 1 heterocycles. The summed E-state index contributed by atoms with van der Waals surface area (Å²) in [4.78, 5) is 12.3. The number of carbonyl (C=O) groups is 1. The molecule has 1 saturated heterocycles. The summed E-state index contributed by atoms with van der Waals surface area (Å²) in [6.07, 6.45) is 1.40. The van der Waals surface area contributed by atoms with E-state index >= 15 is 0 Å². The molecule has 1 N–H and O–H groups in total. The van der Waals surface area contributed by atoms with Crippen LogP contribution in [0.3, 0.4) is 0 Å². The minimum absolute atomic E-state index is 0.0373. The summed E-state index contributed by atoms with van der Waals surface area (Å²) in [6.45, 7) is 0. The zero-order valence-corrected chi connectivity index (χ0v) is 15.5. The number of hydrogen-bond acceptors (Lipinski definition) is 4. The van der Waals surface area contributed by atoms with Gasteiger partial charge < -0.3 is 5.32 Å². The van der Waals surface area contributed by atoms with Crippen molar-refractivity contribution in [3.63, 3.8) is 0 Å². The van der Waals surface area contributed by atoms with Gasteiger partial charge in [-0.05, 0) is 30.0 Å². The molecule has 0 aromatic heterocycles.